The number of carbonyl (C=O) groups is 1. The van der Waals surface area contributed by atoms with Crippen LogP contribution in [0.1, 0.15) is 23.9 Å². The van der Waals surface area contributed by atoms with Crippen molar-refractivity contribution in [2.45, 2.75) is 35.3 Å². The van der Waals surface area contributed by atoms with Crippen molar-refractivity contribution in [3.63, 3.8) is 0 Å². The lowest BCUT2D eigenvalue weighted by atomic mass is 9.32. The highest BCUT2D eigenvalue weighted by atomic mass is 35.5. The third-order valence-corrected chi connectivity index (χ3v) is 7.54. The number of anilines is 3. The Kier molecular flexibility index (Phi) is 7.14. The fourth-order valence-corrected chi connectivity index (χ4v) is 5.76. The summed E-state index contributed by atoms with van der Waals surface area (Å²) >= 11 is 7.62. The van der Waals surface area contributed by atoms with E-state index in [9.17, 15) is 18.0 Å². The molecule has 3 rings (SSSR count). The van der Waals surface area contributed by atoms with Gasteiger partial charge in [0.05, 0.1) is 29.0 Å². The molecule has 1 fully saturated rings. The molecule has 3 heterocycles. The lowest BCUT2D eigenvalue weighted by Crippen LogP contribution is -2.56. The van der Waals surface area contributed by atoms with Crippen LogP contribution in [0.25, 0.3) is 0 Å². The van der Waals surface area contributed by atoms with E-state index in [2.05, 4.69) is 25.6 Å². The van der Waals surface area contributed by atoms with Gasteiger partial charge >= 0.3 is 6.18 Å². The molecule has 0 unspecified atom stereocenters. The monoisotopic (exact) mass is 506 g/mol. The van der Waals surface area contributed by atoms with Crippen molar-refractivity contribution in [3.05, 3.63) is 21.9 Å². The lowest BCUT2D eigenvalue weighted by Gasteiger charge is -2.41. The van der Waals surface area contributed by atoms with Gasteiger partial charge in [-0.3, -0.25) is 4.79 Å². The SMILES string of the molecule is BC(B)(B)N1CC[C@](c2nc(Cl)c(Nc3ncc(C(F)(F)F)c(NCC)n3)s2)(C(B)(B)B)C1=O. The van der Waals surface area contributed by atoms with Crippen LogP contribution in [0.2, 0.25) is 10.3 Å². The smallest absolute Gasteiger partial charge is 0.370 e. The summed E-state index contributed by atoms with van der Waals surface area (Å²) in [4.78, 5) is 27.9. The molecule has 1 atom stereocenters. The maximum Gasteiger partial charge on any atom is 0.421 e. The Morgan fingerprint density at radius 3 is 2.35 bits per heavy atom. The Morgan fingerprint density at radius 1 is 1.21 bits per heavy atom. The molecule has 0 saturated carbocycles. The molecule has 1 aliphatic heterocycles. The van der Waals surface area contributed by atoms with Gasteiger partial charge in [0.25, 0.3) is 0 Å². The number of carbonyl (C=O) groups excluding carboxylic acids is 1. The quantitative estimate of drug-likeness (QED) is 0.413. The van der Waals surface area contributed by atoms with Gasteiger partial charge in [0.15, 0.2) is 5.15 Å². The number of likely N-dealkylation sites (tertiary alicyclic amines) is 1. The van der Waals surface area contributed by atoms with Gasteiger partial charge in [-0.2, -0.15) is 18.2 Å². The summed E-state index contributed by atoms with van der Waals surface area (Å²) in [6.07, 6.45) is -3.29. The maximum absolute atomic E-state index is 13.7. The van der Waals surface area contributed by atoms with Crippen molar-refractivity contribution >= 4 is 92.7 Å². The van der Waals surface area contributed by atoms with Gasteiger partial charge in [-0.25, -0.2) is 9.97 Å². The van der Waals surface area contributed by atoms with Crippen molar-refractivity contribution in [1.82, 2.24) is 19.9 Å². The zero-order chi connectivity index (χ0) is 25.7. The van der Waals surface area contributed by atoms with E-state index in [1.54, 1.807) is 6.92 Å². The van der Waals surface area contributed by atoms with E-state index in [4.69, 9.17) is 11.6 Å². The van der Waals surface area contributed by atoms with Crippen molar-refractivity contribution < 1.29 is 18.0 Å². The van der Waals surface area contributed by atoms with Crippen LogP contribution in [0.15, 0.2) is 6.20 Å². The lowest BCUT2D eigenvalue weighted by molar-refractivity contribution is -0.137. The van der Waals surface area contributed by atoms with Crippen LogP contribution in [0, 0.1) is 0 Å². The highest BCUT2D eigenvalue weighted by Gasteiger charge is 2.58. The zero-order valence-electron chi connectivity index (χ0n) is 20.3. The second-order valence-corrected chi connectivity index (χ2v) is 11.6. The van der Waals surface area contributed by atoms with Crippen LogP contribution >= 0.6 is 22.9 Å². The Balaban J connectivity index is 2.01. The summed E-state index contributed by atoms with van der Waals surface area (Å²) in [5, 5.41) is 5.74. The third-order valence-electron chi connectivity index (χ3n) is 6.03. The number of thiazole rings is 1. The van der Waals surface area contributed by atoms with Gasteiger partial charge in [0.1, 0.15) is 44.9 Å². The second kappa shape index (κ2) is 9.04. The molecule has 176 valence electrons. The minimum atomic E-state index is -4.59. The van der Waals surface area contributed by atoms with Crippen LogP contribution in [-0.2, 0) is 16.4 Å². The van der Waals surface area contributed by atoms with Crippen LogP contribution in [0.3, 0.4) is 0 Å². The summed E-state index contributed by atoms with van der Waals surface area (Å²) in [7, 11) is 12.0. The number of rotatable bonds is 7. The molecular formula is C16H24B6ClF3N6OS. The number of alkyl halides is 3. The Bertz CT molecular complexity index is 1090. The van der Waals surface area contributed by atoms with Crippen molar-refractivity contribution in [2.75, 3.05) is 23.7 Å². The number of aromatic nitrogens is 3. The standard InChI is InChI=1S/C16H24B6ClF3N6OS/c1-2-27-8-6(14(24,25)26)5-28-12(30-8)31-9-7(23)29-10(34-9)13(15(17,18)19)3-4-32(11(13)33)16(20,21)22/h5H,2-4,17-22H2,1H3,(H2,27,28,30,31)/t13-/m1/s1. The summed E-state index contributed by atoms with van der Waals surface area (Å²) in [6.45, 7) is 2.52. The van der Waals surface area contributed by atoms with Crippen molar-refractivity contribution in [3.8, 4) is 0 Å². The first kappa shape index (κ1) is 26.8. The van der Waals surface area contributed by atoms with E-state index in [1.807, 2.05) is 52.0 Å². The van der Waals surface area contributed by atoms with E-state index in [1.165, 1.54) is 11.3 Å². The molecule has 1 saturated heterocycles. The Labute approximate surface area is 211 Å². The van der Waals surface area contributed by atoms with Gasteiger partial charge in [0, 0.05) is 19.3 Å². The molecule has 0 radical (unpaired) electrons. The number of hydrogen-bond donors (Lipinski definition) is 2. The number of nitrogens with zero attached hydrogens (tertiary/aromatic N) is 4. The average Bonchev–Trinajstić information content (AvgIpc) is 3.21. The molecule has 0 aromatic carbocycles. The van der Waals surface area contributed by atoms with E-state index in [0.717, 1.165) is 6.20 Å². The number of hydrogen-bond acceptors (Lipinski definition) is 7. The molecule has 2 N–H and O–H groups in total. The van der Waals surface area contributed by atoms with Gasteiger partial charge in [-0.05, 0) is 18.6 Å². The minimum Gasteiger partial charge on any atom is -0.370 e. The normalized spacial score (nSPS) is 19.4. The first-order valence-electron chi connectivity index (χ1n) is 11.0. The van der Waals surface area contributed by atoms with E-state index in [0.29, 0.717) is 23.0 Å². The zero-order valence-corrected chi connectivity index (χ0v) is 21.9. The third kappa shape index (κ3) is 4.82. The first-order valence-corrected chi connectivity index (χ1v) is 12.2. The first-order chi connectivity index (χ1) is 15.5. The molecule has 2 aromatic rings. The van der Waals surface area contributed by atoms with Gasteiger partial charge in [-0.1, -0.05) is 28.1 Å². The van der Waals surface area contributed by atoms with Gasteiger partial charge in [-0.15, -0.1) is 0 Å². The van der Waals surface area contributed by atoms with Gasteiger partial charge in [0.2, 0.25) is 11.9 Å². The van der Waals surface area contributed by atoms with Crippen LogP contribution in [0.5, 0.6) is 0 Å². The largest absolute Gasteiger partial charge is 0.421 e. The second-order valence-electron chi connectivity index (χ2n) is 10.3. The predicted octanol–water partition coefficient (Wildman–Crippen LogP) is -2.27. The van der Waals surface area contributed by atoms with Crippen LogP contribution < -0.4 is 10.6 Å². The summed E-state index contributed by atoms with van der Waals surface area (Å²) in [5.41, 5.74) is -1.84. The van der Waals surface area contributed by atoms with E-state index in [-0.39, 0.29) is 34.6 Å². The molecular weight excluding hydrogens is 482 g/mol. The Hall–Kier alpha value is -1.75. The highest BCUT2D eigenvalue weighted by molar-refractivity contribution is 7.16. The molecule has 7 nitrogen and oxygen atoms in total. The molecule has 1 amide bonds. The minimum absolute atomic E-state index is 0.00956. The van der Waals surface area contributed by atoms with Gasteiger partial charge < -0.3 is 15.5 Å². The van der Waals surface area contributed by atoms with Crippen molar-refractivity contribution in [1.29, 1.82) is 0 Å². The van der Waals surface area contributed by atoms with Crippen molar-refractivity contribution in [2.24, 2.45) is 0 Å². The summed E-state index contributed by atoms with van der Waals surface area (Å²) in [5.74, 6) is -0.393. The molecule has 34 heavy (non-hydrogen) atoms. The van der Waals surface area contributed by atoms with Crippen LogP contribution in [-0.4, -0.2) is 91.2 Å². The predicted molar refractivity (Wildman–Crippen MR) is 146 cm³/mol. The molecule has 0 aliphatic carbocycles. The summed E-state index contributed by atoms with van der Waals surface area (Å²) < 4.78 is 39.8. The molecule has 0 spiro atoms. The van der Waals surface area contributed by atoms with E-state index < -0.39 is 22.3 Å². The number of nitrogens with one attached hydrogen (secondary N) is 2. The molecule has 18 heteroatoms. The molecule has 0 bridgehead atoms. The topological polar surface area (TPSA) is 83.0 Å². The number of amides is 1. The van der Waals surface area contributed by atoms with E-state index >= 15 is 0 Å². The fourth-order valence-electron chi connectivity index (χ4n) is 4.19. The molecule has 1 aliphatic rings. The Morgan fingerprint density at radius 2 is 1.85 bits per heavy atom. The fraction of sp³-hybridized carbons (Fsp3) is 0.500. The van der Waals surface area contributed by atoms with Crippen LogP contribution in [0.4, 0.5) is 29.9 Å². The molecule has 2 aromatic heterocycles. The summed E-state index contributed by atoms with van der Waals surface area (Å²) in [6, 6.07) is 0. The maximum atomic E-state index is 13.7. The average molecular weight is 506 g/mol. The number of halogens is 4. The highest BCUT2D eigenvalue weighted by Crippen LogP contribution is 2.52.